The van der Waals surface area contributed by atoms with Crippen LogP contribution in [0.2, 0.25) is 0 Å². The number of pyridine rings is 1. The highest BCUT2D eigenvalue weighted by atomic mass is 16.3. The molecule has 122 valence electrons. The Hall–Kier alpha value is -1.17. The molecule has 2 saturated heterocycles. The molecule has 2 aliphatic heterocycles. The smallest absolute Gasteiger partial charge is 0.128 e. The molecule has 0 bridgehead atoms. The number of β-amino-alcohol motifs (C(OH)–C–C–N with tert-alkyl or cyclic N) is 1. The third-order valence-electron chi connectivity index (χ3n) is 4.95. The largest absolute Gasteiger partial charge is 0.387 e. The number of anilines is 1. The number of likely N-dealkylation sites (tertiary alicyclic amines) is 1. The van der Waals surface area contributed by atoms with Gasteiger partial charge in [0.1, 0.15) is 5.82 Å². The van der Waals surface area contributed by atoms with Crippen molar-refractivity contribution in [2.75, 3.05) is 57.3 Å². The zero-order valence-electron chi connectivity index (χ0n) is 13.6. The maximum Gasteiger partial charge on any atom is 0.128 e. The van der Waals surface area contributed by atoms with Gasteiger partial charge in [0.2, 0.25) is 0 Å². The van der Waals surface area contributed by atoms with E-state index in [-0.39, 0.29) is 0 Å². The first kappa shape index (κ1) is 15.7. The molecular formula is C17H28N4O. The number of aliphatic hydroxyl groups is 1. The van der Waals surface area contributed by atoms with E-state index in [9.17, 15) is 5.11 Å². The van der Waals surface area contributed by atoms with Crippen LogP contribution in [-0.4, -0.2) is 77.8 Å². The summed E-state index contributed by atoms with van der Waals surface area (Å²) in [7, 11) is 0. The molecule has 0 unspecified atom stereocenters. The summed E-state index contributed by atoms with van der Waals surface area (Å²) in [6.45, 7) is 9.97. The number of nitrogens with zero attached hydrogens (tertiary/aromatic N) is 4. The lowest BCUT2D eigenvalue weighted by Gasteiger charge is -2.44. The van der Waals surface area contributed by atoms with Crippen LogP contribution in [0.25, 0.3) is 0 Å². The predicted octanol–water partition coefficient (Wildman–Crippen LogP) is 1.05. The van der Waals surface area contributed by atoms with Crippen molar-refractivity contribution in [1.29, 1.82) is 0 Å². The third kappa shape index (κ3) is 3.77. The molecule has 0 aromatic carbocycles. The molecular weight excluding hydrogens is 276 g/mol. The summed E-state index contributed by atoms with van der Waals surface area (Å²) in [4.78, 5) is 11.5. The van der Waals surface area contributed by atoms with Crippen LogP contribution in [0.3, 0.4) is 0 Å². The Balaban J connectivity index is 1.51. The number of piperidine rings is 1. The molecule has 1 N–H and O–H groups in total. The highest BCUT2D eigenvalue weighted by Crippen LogP contribution is 2.23. The van der Waals surface area contributed by atoms with Crippen molar-refractivity contribution >= 4 is 5.82 Å². The second-order valence-electron chi connectivity index (χ2n) is 6.65. The normalized spacial score (nSPS) is 28.0. The number of likely N-dealkylation sites (N-methyl/N-ethyl adjacent to an activating group) is 1. The number of piperazine rings is 1. The van der Waals surface area contributed by atoms with Crippen LogP contribution >= 0.6 is 0 Å². The lowest BCUT2D eigenvalue weighted by molar-refractivity contribution is -0.0527. The monoisotopic (exact) mass is 304 g/mol. The second kappa shape index (κ2) is 6.94. The summed E-state index contributed by atoms with van der Waals surface area (Å²) in [6.07, 6.45) is 3.90. The minimum atomic E-state index is -0.526. The van der Waals surface area contributed by atoms with Gasteiger partial charge in [0, 0.05) is 45.5 Å². The second-order valence-corrected chi connectivity index (χ2v) is 6.65. The van der Waals surface area contributed by atoms with Crippen LogP contribution in [0.5, 0.6) is 0 Å². The molecule has 3 heterocycles. The van der Waals surface area contributed by atoms with Crippen LogP contribution in [0.4, 0.5) is 5.82 Å². The van der Waals surface area contributed by atoms with Gasteiger partial charge in [0.05, 0.1) is 5.60 Å². The first-order valence-corrected chi connectivity index (χ1v) is 8.52. The Morgan fingerprint density at radius 3 is 2.64 bits per heavy atom. The average Bonchev–Trinajstić information content (AvgIpc) is 2.56. The standard InChI is InChI=1S/C17H28N4O/c1-2-19-9-5-7-17(22,14-19)15-20-10-12-21(13-11-20)16-6-3-4-8-18-16/h3-4,6,8,22H,2,5,7,9-15H2,1H3/t17-/m0/s1. The van der Waals surface area contributed by atoms with Gasteiger partial charge in [0.15, 0.2) is 0 Å². The van der Waals surface area contributed by atoms with E-state index in [1.54, 1.807) is 0 Å². The van der Waals surface area contributed by atoms with Crippen LogP contribution in [-0.2, 0) is 0 Å². The van der Waals surface area contributed by atoms with Gasteiger partial charge >= 0.3 is 0 Å². The molecule has 5 heteroatoms. The fourth-order valence-corrected chi connectivity index (χ4v) is 3.70. The van der Waals surface area contributed by atoms with E-state index in [2.05, 4.69) is 32.7 Å². The Morgan fingerprint density at radius 2 is 1.95 bits per heavy atom. The number of hydrogen-bond donors (Lipinski definition) is 1. The topological polar surface area (TPSA) is 42.8 Å². The molecule has 5 nitrogen and oxygen atoms in total. The molecule has 1 atom stereocenters. The lowest BCUT2D eigenvalue weighted by Crippen LogP contribution is -2.57. The van der Waals surface area contributed by atoms with Crippen molar-refractivity contribution in [2.24, 2.45) is 0 Å². The molecule has 1 aromatic heterocycles. The summed E-state index contributed by atoms with van der Waals surface area (Å²) in [5, 5.41) is 10.9. The molecule has 2 fully saturated rings. The minimum absolute atomic E-state index is 0.526. The van der Waals surface area contributed by atoms with E-state index in [1.807, 2.05) is 18.3 Å². The van der Waals surface area contributed by atoms with E-state index >= 15 is 0 Å². The first-order chi connectivity index (χ1) is 10.7. The molecule has 0 spiro atoms. The molecule has 1 aromatic rings. The van der Waals surface area contributed by atoms with Gasteiger partial charge in [-0.1, -0.05) is 13.0 Å². The van der Waals surface area contributed by atoms with Gasteiger partial charge in [-0.05, 0) is 38.1 Å². The van der Waals surface area contributed by atoms with E-state index in [0.29, 0.717) is 0 Å². The summed E-state index contributed by atoms with van der Waals surface area (Å²) in [5.74, 6) is 1.07. The number of hydrogen-bond acceptors (Lipinski definition) is 5. The van der Waals surface area contributed by atoms with E-state index in [4.69, 9.17) is 0 Å². The van der Waals surface area contributed by atoms with Gasteiger partial charge in [-0.3, -0.25) is 4.90 Å². The predicted molar refractivity (Wildman–Crippen MR) is 89.2 cm³/mol. The first-order valence-electron chi connectivity index (χ1n) is 8.52. The van der Waals surface area contributed by atoms with Crippen molar-refractivity contribution in [2.45, 2.75) is 25.4 Å². The van der Waals surface area contributed by atoms with Gasteiger partial charge in [-0.25, -0.2) is 4.98 Å². The molecule has 22 heavy (non-hydrogen) atoms. The van der Waals surface area contributed by atoms with Gasteiger partial charge in [-0.2, -0.15) is 0 Å². The van der Waals surface area contributed by atoms with Crippen molar-refractivity contribution in [1.82, 2.24) is 14.8 Å². The van der Waals surface area contributed by atoms with Crippen molar-refractivity contribution in [3.8, 4) is 0 Å². The molecule has 2 aliphatic rings. The maximum absolute atomic E-state index is 10.9. The Morgan fingerprint density at radius 1 is 1.14 bits per heavy atom. The molecule has 0 radical (unpaired) electrons. The van der Waals surface area contributed by atoms with E-state index < -0.39 is 5.60 Å². The summed E-state index contributed by atoms with van der Waals surface area (Å²) in [5.41, 5.74) is -0.526. The fourth-order valence-electron chi connectivity index (χ4n) is 3.70. The lowest BCUT2D eigenvalue weighted by atomic mass is 9.92. The van der Waals surface area contributed by atoms with Crippen molar-refractivity contribution in [3.05, 3.63) is 24.4 Å². The SMILES string of the molecule is CCN1CCC[C@@](O)(CN2CCN(c3ccccn3)CC2)C1. The molecule has 3 rings (SSSR count). The van der Waals surface area contributed by atoms with Crippen LogP contribution in [0.1, 0.15) is 19.8 Å². The summed E-state index contributed by atoms with van der Waals surface area (Å²) >= 11 is 0. The highest BCUT2D eigenvalue weighted by molar-refractivity contribution is 5.38. The van der Waals surface area contributed by atoms with E-state index in [0.717, 1.165) is 71.0 Å². The Labute approximate surface area is 133 Å². The van der Waals surface area contributed by atoms with Gasteiger partial charge in [-0.15, -0.1) is 0 Å². The van der Waals surface area contributed by atoms with Crippen LogP contribution in [0.15, 0.2) is 24.4 Å². The summed E-state index contributed by atoms with van der Waals surface area (Å²) in [6, 6.07) is 6.07. The molecule has 0 amide bonds. The van der Waals surface area contributed by atoms with Gasteiger partial charge < -0.3 is 14.9 Å². The minimum Gasteiger partial charge on any atom is -0.387 e. The van der Waals surface area contributed by atoms with E-state index in [1.165, 1.54) is 0 Å². The quantitative estimate of drug-likeness (QED) is 0.901. The zero-order valence-corrected chi connectivity index (χ0v) is 13.6. The Kier molecular flexibility index (Phi) is 4.96. The molecule has 0 aliphatic carbocycles. The van der Waals surface area contributed by atoms with Crippen LogP contribution in [0, 0.1) is 0 Å². The van der Waals surface area contributed by atoms with Gasteiger partial charge in [0.25, 0.3) is 0 Å². The third-order valence-corrected chi connectivity index (χ3v) is 4.95. The highest BCUT2D eigenvalue weighted by Gasteiger charge is 2.35. The number of rotatable bonds is 4. The average molecular weight is 304 g/mol. The zero-order chi connectivity index (χ0) is 15.4. The van der Waals surface area contributed by atoms with Crippen molar-refractivity contribution in [3.63, 3.8) is 0 Å². The van der Waals surface area contributed by atoms with Crippen molar-refractivity contribution < 1.29 is 5.11 Å². The Bertz CT molecular complexity index is 461. The number of aromatic nitrogens is 1. The molecule has 0 saturated carbocycles. The summed E-state index contributed by atoms with van der Waals surface area (Å²) < 4.78 is 0. The fraction of sp³-hybridized carbons (Fsp3) is 0.706. The van der Waals surface area contributed by atoms with Crippen LogP contribution < -0.4 is 4.90 Å². The maximum atomic E-state index is 10.9.